The van der Waals surface area contributed by atoms with Crippen molar-refractivity contribution in [2.75, 3.05) is 42.2 Å². The lowest BCUT2D eigenvalue weighted by atomic mass is 9.83. The van der Waals surface area contributed by atoms with Gasteiger partial charge >= 0.3 is 11.9 Å². The molecule has 192 valence electrons. The number of benzene rings is 2. The Balaban J connectivity index is 2.08. The van der Waals surface area contributed by atoms with Crippen molar-refractivity contribution in [2.24, 2.45) is 0 Å². The summed E-state index contributed by atoms with van der Waals surface area (Å²) in [7, 11) is 7.25. The molecule has 0 aromatic heterocycles. The highest BCUT2D eigenvalue weighted by Gasteiger charge is 2.35. The number of ether oxygens (including phenoxy) is 6. The quantitative estimate of drug-likeness (QED) is 0.454. The van der Waals surface area contributed by atoms with Gasteiger partial charge < -0.3 is 33.3 Å². The number of rotatable bonds is 10. The number of esters is 2. The van der Waals surface area contributed by atoms with Crippen LogP contribution in [-0.2, 0) is 25.6 Å². The molecule has 1 aliphatic rings. The lowest BCUT2D eigenvalue weighted by Gasteiger charge is -2.30. The zero-order chi connectivity index (χ0) is 26.2. The summed E-state index contributed by atoms with van der Waals surface area (Å²) >= 11 is 0. The number of nitrogens with zero attached hydrogens (tertiary/aromatic N) is 1. The Morgan fingerprint density at radius 3 is 1.83 bits per heavy atom. The number of carbonyl (C=O) groups is 2. The van der Waals surface area contributed by atoms with Gasteiger partial charge in [-0.15, -0.1) is 0 Å². The topological polar surface area (TPSA) is 92.8 Å². The maximum atomic E-state index is 12.9. The molecule has 0 saturated carbocycles. The highest BCUT2D eigenvalue weighted by Crippen LogP contribution is 2.41. The van der Waals surface area contributed by atoms with E-state index in [0.29, 0.717) is 41.7 Å². The summed E-state index contributed by atoms with van der Waals surface area (Å²) in [5.41, 5.74) is 2.06. The van der Waals surface area contributed by atoms with Gasteiger partial charge in [-0.25, -0.2) is 9.59 Å². The van der Waals surface area contributed by atoms with Gasteiger partial charge in [-0.3, -0.25) is 0 Å². The fourth-order valence-corrected chi connectivity index (χ4v) is 4.07. The van der Waals surface area contributed by atoms with Crippen molar-refractivity contribution < 1.29 is 38.0 Å². The van der Waals surface area contributed by atoms with Crippen LogP contribution in [0.15, 0.2) is 59.9 Å². The van der Waals surface area contributed by atoms with Crippen molar-refractivity contribution in [1.82, 2.24) is 4.90 Å². The van der Waals surface area contributed by atoms with Crippen LogP contribution in [0.3, 0.4) is 0 Å². The highest BCUT2D eigenvalue weighted by molar-refractivity contribution is 5.98. The molecule has 0 aliphatic carbocycles. The summed E-state index contributed by atoms with van der Waals surface area (Å²) in [6.07, 6.45) is 3.34. The predicted molar refractivity (Wildman–Crippen MR) is 132 cm³/mol. The molecule has 36 heavy (non-hydrogen) atoms. The fourth-order valence-electron chi connectivity index (χ4n) is 4.07. The Morgan fingerprint density at radius 2 is 1.31 bits per heavy atom. The molecule has 2 aromatic carbocycles. The van der Waals surface area contributed by atoms with Gasteiger partial charge in [-0.2, -0.15) is 0 Å². The van der Waals surface area contributed by atoms with E-state index in [9.17, 15) is 9.59 Å². The van der Waals surface area contributed by atoms with E-state index in [-0.39, 0.29) is 11.1 Å². The zero-order valence-corrected chi connectivity index (χ0v) is 21.3. The smallest absolute Gasteiger partial charge is 0.336 e. The first-order valence-corrected chi connectivity index (χ1v) is 11.3. The molecular weight excluding hydrogens is 466 g/mol. The van der Waals surface area contributed by atoms with E-state index in [2.05, 4.69) is 0 Å². The van der Waals surface area contributed by atoms with Crippen molar-refractivity contribution >= 4 is 11.9 Å². The van der Waals surface area contributed by atoms with E-state index in [1.165, 1.54) is 21.3 Å². The van der Waals surface area contributed by atoms with E-state index < -0.39 is 17.9 Å². The minimum absolute atomic E-state index is 0.270. The van der Waals surface area contributed by atoms with Gasteiger partial charge in [-0.1, -0.05) is 12.1 Å². The number of hydrogen-bond donors (Lipinski definition) is 0. The van der Waals surface area contributed by atoms with Gasteiger partial charge in [0.05, 0.1) is 59.2 Å². The Kier molecular flexibility index (Phi) is 8.83. The summed E-state index contributed by atoms with van der Waals surface area (Å²) in [5, 5.41) is 0. The predicted octanol–water partition coefficient (Wildman–Crippen LogP) is 3.82. The zero-order valence-electron chi connectivity index (χ0n) is 21.3. The molecule has 0 unspecified atom stereocenters. The second-order valence-corrected chi connectivity index (χ2v) is 7.79. The van der Waals surface area contributed by atoms with E-state index >= 15 is 0 Å². The first-order chi connectivity index (χ1) is 17.4. The van der Waals surface area contributed by atoms with Crippen LogP contribution in [0, 0.1) is 0 Å². The van der Waals surface area contributed by atoms with Gasteiger partial charge in [0, 0.05) is 18.9 Å². The maximum absolute atomic E-state index is 12.9. The number of carbonyl (C=O) groups excluding carboxylic acids is 2. The molecule has 1 aliphatic heterocycles. The molecule has 0 fully saturated rings. The monoisotopic (exact) mass is 497 g/mol. The summed E-state index contributed by atoms with van der Waals surface area (Å²) in [4.78, 5) is 27.6. The largest absolute Gasteiger partial charge is 0.493 e. The maximum Gasteiger partial charge on any atom is 0.336 e. The van der Waals surface area contributed by atoms with Crippen molar-refractivity contribution in [2.45, 2.75) is 19.4 Å². The lowest BCUT2D eigenvalue weighted by Crippen LogP contribution is -2.28. The van der Waals surface area contributed by atoms with Crippen molar-refractivity contribution in [1.29, 1.82) is 0 Å². The van der Waals surface area contributed by atoms with E-state index in [1.807, 2.05) is 19.1 Å². The van der Waals surface area contributed by atoms with Crippen molar-refractivity contribution in [3.8, 4) is 23.0 Å². The molecule has 0 radical (unpaired) electrons. The standard InChI is InChI=1S/C27H31NO8/c1-7-36-22-11-9-18(13-24(22)33-4)25-19(26(29)34-5)15-28(16-20(25)27(30)35-6)14-17-8-10-21(31-2)23(12-17)32-3/h8-13,15-16,25H,7,14H2,1-6H3. The Bertz CT molecular complexity index is 1140. The summed E-state index contributed by atoms with van der Waals surface area (Å²) < 4.78 is 32.0. The average molecular weight is 498 g/mol. The number of hydrogen-bond acceptors (Lipinski definition) is 9. The molecule has 2 aromatic rings. The van der Waals surface area contributed by atoms with Gasteiger partial charge in [0.25, 0.3) is 0 Å². The highest BCUT2D eigenvalue weighted by atomic mass is 16.5. The SMILES string of the molecule is CCOc1ccc(C2C(C(=O)OC)=CN(Cc3ccc(OC)c(OC)c3)C=C2C(=O)OC)cc1OC. The lowest BCUT2D eigenvalue weighted by molar-refractivity contribution is -0.137. The minimum Gasteiger partial charge on any atom is -0.493 e. The van der Waals surface area contributed by atoms with Crippen LogP contribution in [0.4, 0.5) is 0 Å². The minimum atomic E-state index is -0.740. The second kappa shape index (κ2) is 12.0. The molecular formula is C27H31NO8. The molecule has 0 amide bonds. The van der Waals surface area contributed by atoms with E-state index in [0.717, 1.165) is 5.56 Å². The van der Waals surface area contributed by atoms with Crippen LogP contribution < -0.4 is 18.9 Å². The molecule has 9 nitrogen and oxygen atoms in total. The van der Waals surface area contributed by atoms with Crippen LogP contribution in [-0.4, -0.2) is 59.0 Å². The van der Waals surface area contributed by atoms with Crippen LogP contribution >= 0.6 is 0 Å². The third kappa shape index (κ3) is 5.56. The molecule has 0 spiro atoms. The fraction of sp³-hybridized carbons (Fsp3) is 0.333. The average Bonchev–Trinajstić information content (AvgIpc) is 2.91. The third-order valence-corrected chi connectivity index (χ3v) is 5.71. The number of methoxy groups -OCH3 is 5. The van der Waals surface area contributed by atoms with Crippen LogP contribution in [0.2, 0.25) is 0 Å². The normalized spacial score (nSPS) is 13.3. The summed E-state index contributed by atoms with van der Waals surface area (Å²) in [5.74, 6) is 0.328. The molecule has 9 heteroatoms. The molecule has 0 saturated heterocycles. The first-order valence-electron chi connectivity index (χ1n) is 11.3. The van der Waals surface area contributed by atoms with Gasteiger partial charge in [-0.05, 0) is 42.3 Å². The van der Waals surface area contributed by atoms with Gasteiger partial charge in [0.2, 0.25) is 0 Å². The summed E-state index contributed by atoms with van der Waals surface area (Å²) in [6, 6.07) is 10.8. The van der Waals surface area contributed by atoms with Gasteiger partial charge in [0.1, 0.15) is 0 Å². The van der Waals surface area contributed by atoms with Crippen molar-refractivity contribution in [3.05, 3.63) is 71.1 Å². The Labute approximate surface area is 210 Å². The Hall–Kier alpha value is -4.14. The van der Waals surface area contributed by atoms with Crippen LogP contribution in [0.1, 0.15) is 24.0 Å². The van der Waals surface area contributed by atoms with E-state index in [1.54, 1.807) is 55.8 Å². The molecule has 0 N–H and O–H groups in total. The van der Waals surface area contributed by atoms with Gasteiger partial charge in [0.15, 0.2) is 23.0 Å². The van der Waals surface area contributed by atoms with Crippen LogP contribution in [0.25, 0.3) is 0 Å². The second-order valence-electron chi connectivity index (χ2n) is 7.79. The van der Waals surface area contributed by atoms with Crippen molar-refractivity contribution in [3.63, 3.8) is 0 Å². The van der Waals surface area contributed by atoms with Crippen LogP contribution in [0.5, 0.6) is 23.0 Å². The third-order valence-electron chi connectivity index (χ3n) is 5.71. The molecule has 0 atom stereocenters. The molecule has 3 rings (SSSR count). The van der Waals surface area contributed by atoms with E-state index in [4.69, 9.17) is 28.4 Å². The molecule has 0 bridgehead atoms. The Morgan fingerprint density at radius 1 is 0.750 bits per heavy atom. The summed E-state index contributed by atoms with van der Waals surface area (Å²) in [6.45, 7) is 2.68. The first kappa shape index (κ1) is 26.5. The molecule has 1 heterocycles.